The van der Waals surface area contributed by atoms with E-state index in [1.54, 1.807) is 0 Å². The number of hydrogen-bond donors (Lipinski definition) is 1. The SMILES string of the molecule is CCc1cc(N)nc(-c2cccc(Br)c2)n1. The molecule has 16 heavy (non-hydrogen) atoms. The molecule has 0 aliphatic carbocycles. The van der Waals surface area contributed by atoms with Gasteiger partial charge in [-0.3, -0.25) is 0 Å². The third kappa shape index (κ3) is 2.39. The topological polar surface area (TPSA) is 51.8 Å². The number of aryl methyl sites for hydroxylation is 1. The van der Waals surface area contributed by atoms with Crippen LogP contribution in [-0.2, 0) is 6.42 Å². The van der Waals surface area contributed by atoms with Crippen LogP contribution in [0.25, 0.3) is 11.4 Å². The van der Waals surface area contributed by atoms with Gasteiger partial charge in [0.25, 0.3) is 0 Å². The lowest BCUT2D eigenvalue weighted by molar-refractivity contribution is 1.01. The molecule has 0 radical (unpaired) electrons. The molecule has 0 unspecified atom stereocenters. The molecule has 0 saturated heterocycles. The summed E-state index contributed by atoms with van der Waals surface area (Å²) in [6.45, 7) is 2.05. The zero-order valence-corrected chi connectivity index (χ0v) is 10.5. The van der Waals surface area contributed by atoms with Gasteiger partial charge in [0, 0.05) is 21.8 Å². The van der Waals surface area contributed by atoms with Gasteiger partial charge in [0.2, 0.25) is 0 Å². The quantitative estimate of drug-likeness (QED) is 0.918. The highest BCUT2D eigenvalue weighted by atomic mass is 79.9. The maximum absolute atomic E-state index is 5.75. The number of nitrogen functional groups attached to an aromatic ring is 1. The molecule has 2 aromatic rings. The van der Waals surface area contributed by atoms with Crippen LogP contribution in [0, 0.1) is 0 Å². The van der Waals surface area contributed by atoms with Gasteiger partial charge in [0.1, 0.15) is 5.82 Å². The maximum Gasteiger partial charge on any atom is 0.161 e. The fourth-order valence-corrected chi connectivity index (χ4v) is 1.86. The molecule has 0 aliphatic heterocycles. The van der Waals surface area contributed by atoms with E-state index in [0.29, 0.717) is 11.6 Å². The van der Waals surface area contributed by atoms with E-state index in [1.165, 1.54) is 0 Å². The second kappa shape index (κ2) is 4.61. The molecule has 1 heterocycles. The molecule has 0 spiro atoms. The van der Waals surface area contributed by atoms with Crippen LogP contribution in [0.4, 0.5) is 5.82 Å². The van der Waals surface area contributed by atoms with Crippen molar-refractivity contribution in [3.8, 4) is 11.4 Å². The Morgan fingerprint density at radius 2 is 2.06 bits per heavy atom. The van der Waals surface area contributed by atoms with Crippen LogP contribution in [0.1, 0.15) is 12.6 Å². The minimum atomic E-state index is 0.516. The van der Waals surface area contributed by atoms with Crippen LogP contribution in [-0.4, -0.2) is 9.97 Å². The van der Waals surface area contributed by atoms with E-state index < -0.39 is 0 Å². The number of halogens is 1. The number of anilines is 1. The van der Waals surface area contributed by atoms with Gasteiger partial charge in [-0.05, 0) is 18.6 Å². The van der Waals surface area contributed by atoms with Gasteiger partial charge < -0.3 is 5.73 Å². The monoisotopic (exact) mass is 277 g/mol. The summed E-state index contributed by atoms with van der Waals surface area (Å²) in [5.41, 5.74) is 7.68. The molecule has 3 nitrogen and oxygen atoms in total. The standard InChI is InChI=1S/C12H12BrN3/c1-2-10-7-11(14)16-12(15-10)8-4-3-5-9(13)6-8/h3-7H,2H2,1H3,(H2,14,15,16). The van der Waals surface area contributed by atoms with Crippen LogP contribution in [0.5, 0.6) is 0 Å². The number of nitrogens with two attached hydrogens (primary N) is 1. The Hall–Kier alpha value is -1.42. The lowest BCUT2D eigenvalue weighted by atomic mass is 10.2. The summed E-state index contributed by atoms with van der Waals surface area (Å²) in [6.07, 6.45) is 0.855. The Kier molecular flexibility index (Phi) is 3.19. The van der Waals surface area contributed by atoms with Crippen molar-refractivity contribution in [3.63, 3.8) is 0 Å². The maximum atomic E-state index is 5.75. The number of nitrogens with zero attached hydrogens (tertiary/aromatic N) is 2. The van der Waals surface area contributed by atoms with Crippen molar-refractivity contribution in [2.24, 2.45) is 0 Å². The highest BCUT2D eigenvalue weighted by Gasteiger charge is 2.04. The zero-order valence-electron chi connectivity index (χ0n) is 8.94. The normalized spacial score (nSPS) is 10.4. The molecule has 0 bridgehead atoms. The molecular weight excluding hydrogens is 266 g/mol. The molecule has 1 aromatic heterocycles. The first-order valence-electron chi connectivity index (χ1n) is 5.08. The van der Waals surface area contributed by atoms with Crippen molar-refractivity contribution in [1.29, 1.82) is 0 Å². The highest BCUT2D eigenvalue weighted by Crippen LogP contribution is 2.21. The summed E-state index contributed by atoms with van der Waals surface area (Å²) >= 11 is 3.43. The van der Waals surface area contributed by atoms with Crippen molar-refractivity contribution in [2.75, 3.05) is 5.73 Å². The smallest absolute Gasteiger partial charge is 0.161 e. The lowest BCUT2D eigenvalue weighted by Gasteiger charge is -2.04. The predicted molar refractivity (Wildman–Crippen MR) is 69.0 cm³/mol. The molecule has 0 fully saturated rings. The predicted octanol–water partition coefficient (Wildman–Crippen LogP) is 3.05. The molecule has 2 rings (SSSR count). The van der Waals surface area contributed by atoms with Gasteiger partial charge >= 0.3 is 0 Å². The average Bonchev–Trinajstić information content (AvgIpc) is 2.28. The summed E-state index contributed by atoms with van der Waals surface area (Å²) in [5.74, 6) is 1.19. The summed E-state index contributed by atoms with van der Waals surface area (Å²) in [5, 5.41) is 0. The van der Waals surface area contributed by atoms with Gasteiger partial charge in [-0.2, -0.15) is 0 Å². The molecule has 1 aromatic carbocycles. The highest BCUT2D eigenvalue weighted by molar-refractivity contribution is 9.10. The molecule has 0 atom stereocenters. The van der Waals surface area contributed by atoms with E-state index in [0.717, 1.165) is 22.2 Å². The van der Waals surface area contributed by atoms with Crippen molar-refractivity contribution < 1.29 is 0 Å². The van der Waals surface area contributed by atoms with Crippen LogP contribution >= 0.6 is 15.9 Å². The Bertz CT molecular complexity index is 511. The van der Waals surface area contributed by atoms with E-state index in [1.807, 2.05) is 37.3 Å². The first-order valence-corrected chi connectivity index (χ1v) is 5.87. The lowest BCUT2D eigenvalue weighted by Crippen LogP contribution is -1.99. The zero-order chi connectivity index (χ0) is 11.5. The minimum absolute atomic E-state index is 0.516. The van der Waals surface area contributed by atoms with E-state index >= 15 is 0 Å². The van der Waals surface area contributed by atoms with Gasteiger partial charge in [0.05, 0.1) is 0 Å². The summed E-state index contributed by atoms with van der Waals surface area (Å²) in [7, 11) is 0. The summed E-state index contributed by atoms with van der Waals surface area (Å²) in [6, 6.07) is 9.68. The van der Waals surface area contributed by atoms with Crippen molar-refractivity contribution in [1.82, 2.24) is 9.97 Å². The number of benzene rings is 1. The Morgan fingerprint density at radius 1 is 1.25 bits per heavy atom. The molecular formula is C12H12BrN3. The van der Waals surface area contributed by atoms with E-state index in [4.69, 9.17) is 5.73 Å². The van der Waals surface area contributed by atoms with Gasteiger partial charge in [-0.15, -0.1) is 0 Å². The van der Waals surface area contributed by atoms with Gasteiger partial charge in [0.15, 0.2) is 5.82 Å². The molecule has 4 heteroatoms. The van der Waals surface area contributed by atoms with Crippen LogP contribution in [0.3, 0.4) is 0 Å². The second-order valence-corrected chi connectivity index (χ2v) is 4.39. The third-order valence-electron chi connectivity index (χ3n) is 2.24. The molecule has 82 valence electrons. The van der Waals surface area contributed by atoms with E-state index in [-0.39, 0.29) is 0 Å². The average molecular weight is 278 g/mol. The van der Waals surface area contributed by atoms with Crippen LogP contribution < -0.4 is 5.73 Å². The van der Waals surface area contributed by atoms with Gasteiger partial charge in [-0.25, -0.2) is 9.97 Å². The number of aromatic nitrogens is 2. The Balaban J connectivity index is 2.51. The van der Waals surface area contributed by atoms with Gasteiger partial charge in [-0.1, -0.05) is 35.0 Å². The van der Waals surface area contributed by atoms with Crippen molar-refractivity contribution >= 4 is 21.7 Å². The minimum Gasteiger partial charge on any atom is -0.384 e. The molecule has 2 N–H and O–H groups in total. The van der Waals surface area contributed by atoms with Crippen molar-refractivity contribution in [2.45, 2.75) is 13.3 Å². The van der Waals surface area contributed by atoms with E-state index in [9.17, 15) is 0 Å². The first kappa shape index (κ1) is 11.1. The van der Waals surface area contributed by atoms with E-state index in [2.05, 4.69) is 25.9 Å². The molecule has 0 saturated carbocycles. The summed E-state index contributed by atoms with van der Waals surface area (Å²) < 4.78 is 1.01. The fourth-order valence-electron chi connectivity index (χ4n) is 1.46. The third-order valence-corrected chi connectivity index (χ3v) is 2.74. The summed E-state index contributed by atoms with van der Waals surface area (Å²) in [4.78, 5) is 8.69. The number of rotatable bonds is 2. The molecule has 0 aliphatic rings. The van der Waals surface area contributed by atoms with Crippen molar-refractivity contribution in [3.05, 3.63) is 40.5 Å². The molecule has 0 amide bonds. The largest absolute Gasteiger partial charge is 0.384 e. The second-order valence-electron chi connectivity index (χ2n) is 3.47. The first-order chi connectivity index (χ1) is 7.69. The fraction of sp³-hybridized carbons (Fsp3) is 0.167. The Morgan fingerprint density at radius 3 is 2.75 bits per heavy atom. The van der Waals surface area contributed by atoms with Crippen LogP contribution in [0.15, 0.2) is 34.8 Å². The van der Waals surface area contributed by atoms with Crippen LogP contribution in [0.2, 0.25) is 0 Å². The Labute approximate surface area is 103 Å². The number of hydrogen-bond acceptors (Lipinski definition) is 3.